The maximum absolute atomic E-state index is 13.2. The highest BCUT2D eigenvalue weighted by Crippen LogP contribution is 2.36. The van der Waals surface area contributed by atoms with Crippen molar-refractivity contribution in [1.29, 1.82) is 0 Å². The summed E-state index contributed by atoms with van der Waals surface area (Å²) in [5.74, 6) is -1.13. The summed E-state index contributed by atoms with van der Waals surface area (Å²) in [7, 11) is 0. The molecule has 1 aliphatic heterocycles. The molecule has 1 saturated heterocycles. The van der Waals surface area contributed by atoms with Crippen LogP contribution in [0.4, 0.5) is 10.5 Å². The number of aryl methyl sites for hydroxylation is 2. The van der Waals surface area contributed by atoms with Crippen LogP contribution in [-0.2, 0) is 16.2 Å². The van der Waals surface area contributed by atoms with Gasteiger partial charge in [0.2, 0.25) is 0 Å². The summed E-state index contributed by atoms with van der Waals surface area (Å²) in [6, 6.07) is 14.9. The Hall–Kier alpha value is -3.13. The molecule has 0 radical (unpaired) electrons. The Morgan fingerprint density at radius 1 is 0.971 bits per heavy atom. The van der Waals surface area contributed by atoms with Gasteiger partial charge in [0, 0.05) is 10.6 Å². The van der Waals surface area contributed by atoms with E-state index in [0.29, 0.717) is 26.5 Å². The number of hydrogen-bond donors (Lipinski definition) is 1. The molecular formula is C26H19BrCl2N2O4. The number of hydrogen-bond acceptors (Lipinski definition) is 4. The average Bonchev–Trinajstić information content (AvgIpc) is 2.79. The smallest absolute Gasteiger partial charge is 0.335 e. The average molecular weight is 574 g/mol. The Bertz CT molecular complexity index is 1380. The Kier molecular flexibility index (Phi) is 7.31. The molecule has 0 spiro atoms. The van der Waals surface area contributed by atoms with Gasteiger partial charge in [0.05, 0.1) is 15.2 Å². The Morgan fingerprint density at radius 3 is 2.40 bits per heavy atom. The normalized spacial score (nSPS) is 14.9. The molecule has 0 aromatic heterocycles. The SMILES string of the molecule is Cc1ccc(N2C(=O)NC(=O)/C(=C\c3cc(Cl)c(OCc4ccccc4Cl)c(Br)c3)C2=O)cc1C. The topological polar surface area (TPSA) is 75.7 Å². The summed E-state index contributed by atoms with van der Waals surface area (Å²) < 4.78 is 6.37. The van der Waals surface area contributed by atoms with Crippen LogP contribution in [-0.4, -0.2) is 17.8 Å². The van der Waals surface area contributed by atoms with Crippen molar-refractivity contribution in [3.05, 3.63) is 96.9 Å². The predicted octanol–water partition coefficient (Wildman–Crippen LogP) is 6.62. The highest BCUT2D eigenvalue weighted by Gasteiger charge is 2.37. The molecule has 4 amide bonds. The molecule has 1 aliphatic rings. The zero-order valence-corrected chi connectivity index (χ0v) is 21.8. The van der Waals surface area contributed by atoms with Crippen LogP contribution >= 0.6 is 39.1 Å². The van der Waals surface area contributed by atoms with E-state index in [9.17, 15) is 14.4 Å². The van der Waals surface area contributed by atoms with E-state index in [1.807, 2.05) is 38.1 Å². The highest BCUT2D eigenvalue weighted by atomic mass is 79.9. The molecule has 35 heavy (non-hydrogen) atoms. The molecular weight excluding hydrogens is 555 g/mol. The molecule has 178 valence electrons. The number of carbonyl (C=O) groups is 3. The lowest BCUT2D eigenvalue weighted by Crippen LogP contribution is -2.54. The minimum atomic E-state index is -0.803. The fourth-order valence-corrected chi connectivity index (χ4v) is 4.67. The van der Waals surface area contributed by atoms with Crippen LogP contribution in [0.1, 0.15) is 22.3 Å². The summed E-state index contributed by atoms with van der Waals surface area (Å²) in [4.78, 5) is 39.1. The first kappa shape index (κ1) is 25.0. The number of benzene rings is 3. The molecule has 1 heterocycles. The largest absolute Gasteiger partial charge is 0.486 e. The van der Waals surface area contributed by atoms with Crippen molar-refractivity contribution >= 4 is 68.7 Å². The van der Waals surface area contributed by atoms with E-state index in [0.717, 1.165) is 21.6 Å². The molecule has 0 saturated carbocycles. The predicted molar refractivity (Wildman–Crippen MR) is 140 cm³/mol. The molecule has 3 aromatic carbocycles. The molecule has 3 aromatic rings. The number of nitrogens with zero attached hydrogens (tertiary/aromatic N) is 1. The van der Waals surface area contributed by atoms with Crippen LogP contribution in [0.5, 0.6) is 5.75 Å². The summed E-state index contributed by atoms with van der Waals surface area (Å²) in [5, 5.41) is 3.07. The number of ether oxygens (including phenoxy) is 1. The molecule has 0 bridgehead atoms. The first-order valence-corrected chi connectivity index (χ1v) is 12.0. The number of nitrogens with one attached hydrogen (secondary N) is 1. The lowest BCUT2D eigenvalue weighted by Gasteiger charge is -2.27. The zero-order chi connectivity index (χ0) is 25.3. The third kappa shape index (κ3) is 5.27. The second-order valence-corrected chi connectivity index (χ2v) is 9.59. The number of barbiturate groups is 1. The van der Waals surface area contributed by atoms with Crippen molar-refractivity contribution in [2.45, 2.75) is 20.5 Å². The first-order valence-electron chi connectivity index (χ1n) is 10.5. The van der Waals surface area contributed by atoms with E-state index in [-0.39, 0.29) is 17.2 Å². The van der Waals surface area contributed by atoms with E-state index >= 15 is 0 Å². The van der Waals surface area contributed by atoms with Gasteiger partial charge < -0.3 is 4.74 Å². The Balaban J connectivity index is 1.62. The number of urea groups is 1. The molecule has 1 N–H and O–H groups in total. The summed E-state index contributed by atoms with van der Waals surface area (Å²) >= 11 is 16.1. The standard InChI is InChI=1S/C26H19BrCl2N2O4/c1-14-7-8-18(9-15(14)2)31-25(33)19(24(32)30-26(31)34)10-16-11-20(27)23(22(29)12-16)35-13-17-5-3-4-6-21(17)28/h3-12H,13H2,1-2H3,(H,30,32,34)/b19-10+. The molecule has 4 rings (SSSR count). The first-order chi connectivity index (χ1) is 16.7. The van der Waals surface area contributed by atoms with Crippen LogP contribution in [0, 0.1) is 13.8 Å². The van der Waals surface area contributed by atoms with Crippen LogP contribution in [0.25, 0.3) is 6.08 Å². The summed E-state index contributed by atoms with van der Waals surface area (Å²) in [6.45, 7) is 4.00. The maximum atomic E-state index is 13.2. The lowest BCUT2D eigenvalue weighted by molar-refractivity contribution is -0.122. The van der Waals surface area contributed by atoms with Crippen molar-refractivity contribution in [2.24, 2.45) is 0 Å². The van der Waals surface area contributed by atoms with Crippen molar-refractivity contribution in [1.82, 2.24) is 5.32 Å². The van der Waals surface area contributed by atoms with Gasteiger partial charge in [-0.05, 0) is 82.9 Å². The highest BCUT2D eigenvalue weighted by molar-refractivity contribution is 9.10. The number of halogens is 3. The van der Waals surface area contributed by atoms with E-state index in [2.05, 4.69) is 21.2 Å². The quantitative estimate of drug-likeness (QED) is 0.275. The molecule has 0 aliphatic carbocycles. The van der Waals surface area contributed by atoms with Crippen LogP contribution in [0.3, 0.4) is 0 Å². The lowest BCUT2D eigenvalue weighted by atomic mass is 10.0. The summed E-state index contributed by atoms with van der Waals surface area (Å²) in [5.41, 5.74) is 3.37. The summed E-state index contributed by atoms with van der Waals surface area (Å²) in [6.07, 6.45) is 1.38. The monoisotopic (exact) mass is 572 g/mol. The van der Waals surface area contributed by atoms with E-state index in [4.69, 9.17) is 27.9 Å². The van der Waals surface area contributed by atoms with Gasteiger partial charge >= 0.3 is 6.03 Å². The minimum Gasteiger partial charge on any atom is -0.486 e. The van der Waals surface area contributed by atoms with Gasteiger partial charge in [-0.3, -0.25) is 14.9 Å². The molecule has 1 fully saturated rings. The van der Waals surface area contributed by atoms with Crippen molar-refractivity contribution in [2.75, 3.05) is 4.90 Å². The third-order valence-electron chi connectivity index (χ3n) is 5.51. The fraction of sp³-hybridized carbons (Fsp3) is 0.115. The number of rotatable bonds is 5. The van der Waals surface area contributed by atoms with Gasteiger partial charge in [-0.15, -0.1) is 0 Å². The van der Waals surface area contributed by atoms with E-state index < -0.39 is 17.8 Å². The van der Waals surface area contributed by atoms with Gasteiger partial charge in [0.1, 0.15) is 12.2 Å². The molecule has 6 nitrogen and oxygen atoms in total. The number of carbonyl (C=O) groups excluding carboxylic acids is 3. The van der Waals surface area contributed by atoms with Gasteiger partial charge in [-0.1, -0.05) is 47.5 Å². The van der Waals surface area contributed by atoms with Crippen LogP contribution in [0.2, 0.25) is 10.0 Å². The van der Waals surface area contributed by atoms with Crippen molar-refractivity contribution in [3.63, 3.8) is 0 Å². The van der Waals surface area contributed by atoms with Gasteiger partial charge in [0.25, 0.3) is 11.8 Å². The van der Waals surface area contributed by atoms with Crippen molar-refractivity contribution < 1.29 is 19.1 Å². The number of amides is 4. The molecule has 0 unspecified atom stereocenters. The van der Waals surface area contributed by atoms with Gasteiger partial charge in [-0.25, -0.2) is 9.69 Å². The maximum Gasteiger partial charge on any atom is 0.335 e. The van der Waals surface area contributed by atoms with Crippen LogP contribution < -0.4 is 15.0 Å². The third-order valence-corrected chi connectivity index (χ3v) is 6.75. The van der Waals surface area contributed by atoms with E-state index in [1.54, 1.807) is 30.3 Å². The second-order valence-electron chi connectivity index (χ2n) is 7.92. The number of imide groups is 2. The second kappa shape index (κ2) is 10.2. The van der Waals surface area contributed by atoms with Gasteiger partial charge in [-0.2, -0.15) is 0 Å². The minimum absolute atomic E-state index is 0.199. The molecule has 9 heteroatoms. The Morgan fingerprint density at radius 2 is 1.71 bits per heavy atom. The fourth-order valence-electron chi connectivity index (χ4n) is 3.49. The van der Waals surface area contributed by atoms with Crippen LogP contribution in [0.15, 0.2) is 64.6 Å². The number of anilines is 1. The van der Waals surface area contributed by atoms with Crippen molar-refractivity contribution in [3.8, 4) is 5.75 Å². The zero-order valence-electron chi connectivity index (χ0n) is 18.7. The van der Waals surface area contributed by atoms with Gasteiger partial charge in [0.15, 0.2) is 5.75 Å². The molecule has 0 atom stereocenters. The van der Waals surface area contributed by atoms with E-state index in [1.165, 1.54) is 6.08 Å². The Labute approximate surface area is 220 Å².